The average Bonchev–Trinajstić information content (AvgIpc) is 2.18. The van der Waals surface area contributed by atoms with Gasteiger partial charge in [0.25, 0.3) is 0 Å². The lowest BCUT2D eigenvalue weighted by Gasteiger charge is -2.11. The summed E-state index contributed by atoms with van der Waals surface area (Å²) in [6, 6.07) is 7.18. The molecule has 0 saturated carbocycles. The van der Waals surface area contributed by atoms with Crippen LogP contribution in [0.4, 0.5) is 5.69 Å². The first kappa shape index (κ1) is 16.7. The van der Waals surface area contributed by atoms with Crippen molar-refractivity contribution in [3.63, 3.8) is 0 Å². The summed E-state index contributed by atoms with van der Waals surface area (Å²) in [5, 5.41) is 2.78. The van der Waals surface area contributed by atoms with E-state index >= 15 is 0 Å². The van der Waals surface area contributed by atoms with Gasteiger partial charge in [0.1, 0.15) is 5.75 Å². The molecular weight excluding hydrogens is 252 g/mol. The molecule has 1 aromatic carbocycles. The number of carbonyl (C=O) groups is 1. The van der Waals surface area contributed by atoms with Crippen LogP contribution in [0.3, 0.4) is 0 Å². The Morgan fingerprint density at radius 1 is 1.28 bits per heavy atom. The smallest absolute Gasteiger partial charge is 0.225 e. The number of hydrogen-bond donors (Lipinski definition) is 2. The van der Waals surface area contributed by atoms with Crippen LogP contribution in [0.25, 0.3) is 0 Å². The van der Waals surface area contributed by atoms with Crippen LogP contribution in [0.2, 0.25) is 0 Å². The standard InChI is InChI=1S/C13H20N2O2.ClH/c1-9(2)17-12-6-4-11(5-7-12)15-13(16)8-10(3)14;/h4-7,9-10H,8,14H2,1-3H3,(H,15,16);1H. The number of carbonyl (C=O) groups excluding carboxylic acids is 1. The maximum atomic E-state index is 11.5. The fraction of sp³-hybridized carbons (Fsp3) is 0.462. The van der Waals surface area contributed by atoms with E-state index in [0.29, 0.717) is 6.42 Å². The third kappa shape index (κ3) is 6.47. The van der Waals surface area contributed by atoms with Crippen LogP contribution in [0.15, 0.2) is 24.3 Å². The second-order valence-corrected chi connectivity index (χ2v) is 4.42. The van der Waals surface area contributed by atoms with Crippen molar-refractivity contribution in [2.24, 2.45) is 5.73 Å². The second kappa shape index (κ2) is 7.95. The van der Waals surface area contributed by atoms with Crippen LogP contribution < -0.4 is 15.8 Å². The molecule has 0 aliphatic heterocycles. The molecule has 0 saturated heterocycles. The molecule has 0 spiro atoms. The zero-order valence-electron chi connectivity index (χ0n) is 11.0. The summed E-state index contributed by atoms with van der Waals surface area (Å²) < 4.78 is 5.51. The molecule has 0 aromatic heterocycles. The summed E-state index contributed by atoms with van der Waals surface area (Å²) in [6.07, 6.45) is 0.470. The van der Waals surface area contributed by atoms with Gasteiger partial charge in [0.05, 0.1) is 6.10 Å². The number of amides is 1. The number of hydrogen-bond acceptors (Lipinski definition) is 3. The maximum Gasteiger partial charge on any atom is 0.225 e. The fourth-order valence-corrected chi connectivity index (χ4v) is 1.39. The van der Waals surface area contributed by atoms with Crippen LogP contribution in [-0.2, 0) is 4.79 Å². The first-order chi connectivity index (χ1) is 7.97. The normalized spacial score (nSPS) is 11.6. The topological polar surface area (TPSA) is 64.4 Å². The number of nitrogens with one attached hydrogen (secondary N) is 1. The molecule has 1 amide bonds. The Kier molecular flexibility index (Phi) is 7.39. The third-order valence-electron chi connectivity index (χ3n) is 2.02. The molecular formula is C13H21ClN2O2. The molecule has 1 rings (SSSR count). The second-order valence-electron chi connectivity index (χ2n) is 4.42. The minimum Gasteiger partial charge on any atom is -0.491 e. The van der Waals surface area contributed by atoms with E-state index in [4.69, 9.17) is 10.5 Å². The highest BCUT2D eigenvalue weighted by molar-refractivity contribution is 5.91. The van der Waals surface area contributed by atoms with Crippen molar-refractivity contribution in [1.82, 2.24) is 0 Å². The summed E-state index contributed by atoms with van der Waals surface area (Å²) in [4.78, 5) is 11.5. The molecule has 1 atom stereocenters. The quantitative estimate of drug-likeness (QED) is 0.866. The number of ether oxygens (including phenoxy) is 1. The zero-order chi connectivity index (χ0) is 12.8. The van der Waals surface area contributed by atoms with Gasteiger partial charge in [0.2, 0.25) is 5.91 Å². The van der Waals surface area contributed by atoms with Gasteiger partial charge in [-0.1, -0.05) is 0 Å². The van der Waals surface area contributed by atoms with E-state index in [1.165, 1.54) is 0 Å². The lowest BCUT2D eigenvalue weighted by atomic mass is 10.2. The summed E-state index contributed by atoms with van der Waals surface area (Å²) in [6.45, 7) is 5.75. The minimum absolute atomic E-state index is 0. The summed E-state index contributed by atoms with van der Waals surface area (Å²) in [5.74, 6) is 0.725. The number of rotatable bonds is 5. The molecule has 102 valence electrons. The Balaban J connectivity index is 0.00000289. The number of nitrogens with two attached hydrogens (primary N) is 1. The predicted molar refractivity (Wildman–Crippen MR) is 76.4 cm³/mol. The van der Waals surface area contributed by atoms with Crippen molar-refractivity contribution in [3.05, 3.63) is 24.3 Å². The van der Waals surface area contributed by atoms with Gasteiger partial charge in [-0.15, -0.1) is 12.4 Å². The van der Waals surface area contributed by atoms with E-state index in [9.17, 15) is 4.79 Å². The van der Waals surface area contributed by atoms with E-state index in [0.717, 1.165) is 11.4 Å². The minimum atomic E-state index is -0.126. The van der Waals surface area contributed by atoms with Gasteiger partial charge >= 0.3 is 0 Å². The van der Waals surface area contributed by atoms with Gasteiger partial charge in [-0.05, 0) is 45.0 Å². The van der Waals surface area contributed by atoms with Crippen LogP contribution in [0, 0.1) is 0 Å². The van der Waals surface area contributed by atoms with Gasteiger partial charge in [-0.2, -0.15) is 0 Å². The van der Waals surface area contributed by atoms with Crippen molar-refractivity contribution < 1.29 is 9.53 Å². The van der Waals surface area contributed by atoms with E-state index in [1.807, 2.05) is 38.1 Å². The summed E-state index contributed by atoms with van der Waals surface area (Å²) in [7, 11) is 0. The molecule has 0 radical (unpaired) electrons. The first-order valence-corrected chi connectivity index (χ1v) is 5.79. The third-order valence-corrected chi connectivity index (χ3v) is 2.02. The molecule has 1 unspecified atom stereocenters. The molecule has 4 nitrogen and oxygen atoms in total. The van der Waals surface area contributed by atoms with Crippen molar-refractivity contribution in [2.45, 2.75) is 39.3 Å². The first-order valence-electron chi connectivity index (χ1n) is 5.79. The highest BCUT2D eigenvalue weighted by Crippen LogP contribution is 2.17. The average molecular weight is 273 g/mol. The van der Waals surface area contributed by atoms with Crippen LogP contribution >= 0.6 is 12.4 Å². The van der Waals surface area contributed by atoms with Crippen LogP contribution in [0.5, 0.6) is 5.75 Å². The van der Waals surface area contributed by atoms with Crippen molar-refractivity contribution in [3.8, 4) is 5.75 Å². The number of anilines is 1. The molecule has 5 heteroatoms. The Morgan fingerprint density at radius 3 is 2.28 bits per heavy atom. The van der Waals surface area contributed by atoms with Gasteiger partial charge in [0.15, 0.2) is 0 Å². The van der Waals surface area contributed by atoms with E-state index in [-0.39, 0.29) is 30.5 Å². The zero-order valence-corrected chi connectivity index (χ0v) is 11.8. The fourth-order valence-electron chi connectivity index (χ4n) is 1.39. The predicted octanol–water partition coefficient (Wildman–Crippen LogP) is 2.57. The highest BCUT2D eigenvalue weighted by atomic mass is 35.5. The van der Waals surface area contributed by atoms with Gasteiger partial charge < -0.3 is 15.8 Å². The van der Waals surface area contributed by atoms with E-state index < -0.39 is 0 Å². The molecule has 0 fully saturated rings. The number of halogens is 1. The monoisotopic (exact) mass is 272 g/mol. The van der Waals surface area contributed by atoms with Crippen molar-refractivity contribution in [1.29, 1.82) is 0 Å². The lowest BCUT2D eigenvalue weighted by Crippen LogP contribution is -2.23. The van der Waals surface area contributed by atoms with E-state index in [1.54, 1.807) is 6.92 Å². The Morgan fingerprint density at radius 2 is 1.83 bits per heavy atom. The molecule has 0 heterocycles. The van der Waals surface area contributed by atoms with Crippen LogP contribution in [-0.4, -0.2) is 18.1 Å². The molecule has 3 N–H and O–H groups in total. The van der Waals surface area contributed by atoms with Gasteiger partial charge in [-0.25, -0.2) is 0 Å². The molecule has 18 heavy (non-hydrogen) atoms. The summed E-state index contributed by atoms with van der Waals surface area (Å²) in [5.41, 5.74) is 6.30. The van der Waals surface area contributed by atoms with Gasteiger partial charge in [-0.3, -0.25) is 4.79 Å². The van der Waals surface area contributed by atoms with E-state index in [2.05, 4.69) is 5.32 Å². The Labute approximate surface area is 114 Å². The highest BCUT2D eigenvalue weighted by Gasteiger charge is 2.05. The summed E-state index contributed by atoms with van der Waals surface area (Å²) >= 11 is 0. The van der Waals surface area contributed by atoms with Crippen molar-refractivity contribution in [2.75, 3.05) is 5.32 Å². The molecule has 0 aliphatic rings. The Hall–Kier alpha value is -1.26. The lowest BCUT2D eigenvalue weighted by molar-refractivity contribution is -0.116. The molecule has 0 bridgehead atoms. The SMILES string of the molecule is CC(N)CC(=O)Nc1ccc(OC(C)C)cc1.Cl. The van der Waals surface area contributed by atoms with Gasteiger partial charge in [0, 0.05) is 18.2 Å². The Bertz CT molecular complexity index is 364. The van der Waals surface area contributed by atoms with Crippen molar-refractivity contribution >= 4 is 24.0 Å². The van der Waals surface area contributed by atoms with Crippen LogP contribution in [0.1, 0.15) is 27.2 Å². The largest absolute Gasteiger partial charge is 0.491 e. The molecule has 1 aromatic rings. The maximum absolute atomic E-state index is 11.5. The molecule has 0 aliphatic carbocycles. The number of benzene rings is 1.